The lowest BCUT2D eigenvalue weighted by molar-refractivity contribution is 0.521. The Morgan fingerprint density at radius 1 is 1.14 bits per heavy atom. The van der Waals surface area contributed by atoms with E-state index >= 15 is 0 Å². The lowest BCUT2D eigenvalue weighted by Crippen LogP contribution is -2.35. The molecule has 1 aromatic carbocycles. The van der Waals surface area contributed by atoms with E-state index in [1.807, 2.05) is 32.0 Å². The second-order valence-corrected chi connectivity index (χ2v) is 8.59. The molecule has 0 heterocycles. The number of rotatable bonds is 6. The van der Waals surface area contributed by atoms with E-state index < -0.39 is 0 Å². The van der Waals surface area contributed by atoms with E-state index in [-0.39, 0.29) is 5.92 Å². The summed E-state index contributed by atoms with van der Waals surface area (Å²) in [6.45, 7) is 10.3. The summed E-state index contributed by atoms with van der Waals surface area (Å²) in [5, 5.41) is 14.5. The van der Waals surface area contributed by atoms with Crippen molar-refractivity contribution in [2.24, 2.45) is 17.1 Å². The van der Waals surface area contributed by atoms with Crippen molar-refractivity contribution in [3.8, 4) is 0 Å². The maximum absolute atomic E-state index is 9.15. The van der Waals surface area contributed by atoms with Crippen molar-refractivity contribution >= 4 is 11.5 Å². The Morgan fingerprint density at radius 3 is 2.34 bits per heavy atom. The normalized spacial score (nSPS) is 20.3. The third-order valence-corrected chi connectivity index (χ3v) is 6.46. The van der Waals surface area contributed by atoms with E-state index in [9.17, 15) is 0 Å². The molecule has 0 saturated heterocycles. The predicted octanol–water partition coefficient (Wildman–Crippen LogP) is 7.45. The molecule has 4 nitrogen and oxygen atoms in total. The number of allylic oxidation sites excluding steroid dienone is 3. The molecule has 4 heteroatoms. The molecule has 0 aliphatic heterocycles. The quantitative estimate of drug-likeness (QED) is 0.171. The summed E-state index contributed by atoms with van der Waals surface area (Å²) in [4.78, 5) is 0. The van der Waals surface area contributed by atoms with Crippen molar-refractivity contribution in [3.63, 3.8) is 0 Å². The third-order valence-electron chi connectivity index (χ3n) is 6.46. The summed E-state index contributed by atoms with van der Waals surface area (Å²) in [6, 6.07) is 6.07. The van der Waals surface area contributed by atoms with Gasteiger partial charge in [-0.05, 0) is 82.8 Å². The average molecular weight is 391 g/mol. The van der Waals surface area contributed by atoms with Crippen LogP contribution in [0.1, 0.15) is 63.0 Å². The van der Waals surface area contributed by atoms with Crippen molar-refractivity contribution < 1.29 is 0 Å². The molecule has 0 saturated carbocycles. The summed E-state index contributed by atoms with van der Waals surface area (Å²) >= 11 is 0. The average Bonchev–Trinajstić information content (AvgIpc) is 2.72. The molecule has 154 valence electrons. The number of nitrogens with one attached hydrogen (secondary N) is 2. The smallest absolute Gasteiger partial charge is 0.135 e. The van der Waals surface area contributed by atoms with Gasteiger partial charge in [0.2, 0.25) is 0 Å². The molecule has 0 aromatic heterocycles. The first-order valence-electron chi connectivity index (χ1n) is 10.8. The van der Waals surface area contributed by atoms with Crippen LogP contribution < -0.4 is 5.01 Å². The van der Waals surface area contributed by atoms with Crippen molar-refractivity contribution in [3.05, 3.63) is 64.8 Å². The van der Waals surface area contributed by atoms with Gasteiger partial charge in [-0.2, -0.15) is 5.53 Å². The van der Waals surface area contributed by atoms with Gasteiger partial charge in [-0.3, -0.25) is 5.41 Å². The molecule has 0 fully saturated rings. The number of aryl methyl sites for hydroxylation is 2. The minimum Gasteiger partial charge on any atom is -0.286 e. The molecule has 2 unspecified atom stereocenters. The maximum atomic E-state index is 9.15. The zero-order valence-corrected chi connectivity index (χ0v) is 18.1. The molecule has 2 N–H and O–H groups in total. The maximum Gasteiger partial charge on any atom is 0.135 e. The Balaban J connectivity index is 1.99. The Morgan fingerprint density at radius 2 is 1.83 bits per heavy atom. The molecular formula is C25H34N4. The van der Waals surface area contributed by atoms with Gasteiger partial charge < -0.3 is 0 Å². The Hall–Kier alpha value is -2.49. The summed E-state index contributed by atoms with van der Waals surface area (Å²) in [7, 11) is 0. The largest absolute Gasteiger partial charge is 0.286 e. The lowest BCUT2D eigenvalue weighted by Gasteiger charge is -2.34. The van der Waals surface area contributed by atoms with E-state index in [1.165, 1.54) is 29.6 Å². The fourth-order valence-electron chi connectivity index (χ4n) is 4.77. The molecule has 1 aromatic rings. The highest BCUT2D eigenvalue weighted by Crippen LogP contribution is 2.39. The molecule has 2 aliphatic carbocycles. The van der Waals surface area contributed by atoms with Crippen LogP contribution in [-0.4, -0.2) is 5.84 Å². The number of amidine groups is 1. The molecule has 0 radical (unpaired) electrons. The van der Waals surface area contributed by atoms with Crippen LogP contribution in [0.2, 0.25) is 0 Å². The molecule has 0 spiro atoms. The molecular weight excluding hydrogens is 356 g/mol. The summed E-state index contributed by atoms with van der Waals surface area (Å²) in [5.41, 5.74) is 14.7. The van der Waals surface area contributed by atoms with E-state index in [0.29, 0.717) is 11.8 Å². The zero-order valence-electron chi connectivity index (χ0n) is 18.1. The topological polar surface area (TPSA) is 63.3 Å². The van der Waals surface area contributed by atoms with Gasteiger partial charge in [-0.1, -0.05) is 58.9 Å². The molecule has 3 rings (SSSR count). The van der Waals surface area contributed by atoms with Crippen molar-refractivity contribution in [2.75, 3.05) is 5.01 Å². The fourth-order valence-corrected chi connectivity index (χ4v) is 4.77. The van der Waals surface area contributed by atoms with E-state index in [2.05, 4.69) is 30.9 Å². The van der Waals surface area contributed by atoms with Crippen LogP contribution in [0.15, 0.2) is 58.9 Å². The number of para-hydroxylation sites is 1. The first kappa shape index (κ1) is 21.2. The summed E-state index contributed by atoms with van der Waals surface area (Å²) in [5.74, 6) is 0.879. The van der Waals surface area contributed by atoms with Crippen LogP contribution in [0.4, 0.5) is 5.69 Å². The fraction of sp³-hybridized carbons (Fsp3) is 0.480. The van der Waals surface area contributed by atoms with Gasteiger partial charge in [0.15, 0.2) is 0 Å². The van der Waals surface area contributed by atoms with Gasteiger partial charge in [-0.15, -0.1) is 0 Å². The minimum atomic E-state index is -0.0746. The molecule has 0 amide bonds. The SMILES string of the molecule is C=C(C)C1CC=C(C(C(=N)N(N=N)c2c(C)cccc2C)C2=CCCCC2)CC1. The lowest BCUT2D eigenvalue weighted by atomic mass is 9.76. The third kappa shape index (κ3) is 4.58. The second-order valence-electron chi connectivity index (χ2n) is 8.59. The predicted molar refractivity (Wildman–Crippen MR) is 122 cm³/mol. The molecule has 29 heavy (non-hydrogen) atoms. The molecule has 2 atom stereocenters. The number of nitrogens with zero attached hydrogens (tertiary/aromatic N) is 2. The van der Waals surface area contributed by atoms with Gasteiger partial charge in [-0.25, -0.2) is 5.01 Å². The number of hydrogen-bond donors (Lipinski definition) is 2. The minimum absolute atomic E-state index is 0.0746. The monoisotopic (exact) mass is 390 g/mol. The van der Waals surface area contributed by atoms with E-state index in [0.717, 1.165) is 48.9 Å². The zero-order chi connectivity index (χ0) is 21.0. The number of hydrogen-bond acceptors (Lipinski definition) is 3. The highest BCUT2D eigenvalue weighted by Gasteiger charge is 2.32. The van der Waals surface area contributed by atoms with Gasteiger partial charge in [0.05, 0.1) is 11.6 Å². The van der Waals surface area contributed by atoms with Gasteiger partial charge in [0.25, 0.3) is 0 Å². The van der Waals surface area contributed by atoms with Crippen molar-refractivity contribution in [2.45, 2.75) is 65.7 Å². The highest BCUT2D eigenvalue weighted by molar-refractivity contribution is 6.01. The van der Waals surface area contributed by atoms with Crippen molar-refractivity contribution in [1.29, 1.82) is 10.9 Å². The van der Waals surface area contributed by atoms with Crippen LogP contribution in [0.3, 0.4) is 0 Å². The van der Waals surface area contributed by atoms with Gasteiger partial charge in [0, 0.05) is 0 Å². The molecule has 2 aliphatic rings. The van der Waals surface area contributed by atoms with Crippen LogP contribution in [-0.2, 0) is 0 Å². The highest BCUT2D eigenvalue weighted by atomic mass is 15.5. The van der Waals surface area contributed by atoms with Crippen LogP contribution in [0.25, 0.3) is 0 Å². The number of benzene rings is 1. The Kier molecular flexibility index (Phi) is 6.83. The summed E-state index contributed by atoms with van der Waals surface area (Å²) in [6.07, 6.45) is 12.3. The first-order chi connectivity index (χ1) is 13.9. The standard InChI is InChI=1S/C25H34N4/c1-17(2)20-13-15-22(16-14-20)23(21-11-6-5-7-12-21)25(26)29(28-27)24-18(3)9-8-10-19(24)4/h8-11,15,20,23,26-27H,1,5-7,12-14,16H2,2-4H3. The van der Waals surface area contributed by atoms with E-state index in [4.69, 9.17) is 10.9 Å². The van der Waals surface area contributed by atoms with E-state index in [1.54, 1.807) is 5.01 Å². The second kappa shape index (κ2) is 9.34. The van der Waals surface area contributed by atoms with Gasteiger partial charge >= 0.3 is 0 Å². The van der Waals surface area contributed by atoms with Crippen LogP contribution >= 0.6 is 0 Å². The van der Waals surface area contributed by atoms with Crippen molar-refractivity contribution in [1.82, 2.24) is 0 Å². The Bertz CT molecular complexity index is 841. The Labute approximate surface area is 175 Å². The van der Waals surface area contributed by atoms with Gasteiger partial charge in [0.1, 0.15) is 5.84 Å². The number of anilines is 1. The first-order valence-corrected chi connectivity index (χ1v) is 10.8. The van der Waals surface area contributed by atoms with Crippen LogP contribution in [0, 0.1) is 36.6 Å². The summed E-state index contributed by atoms with van der Waals surface area (Å²) < 4.78 is 0. The molecule has 0 bridgehead atoms. The van der Waals surface area contributed by atoms with Crippen LogP contribution in [0.5, 0.6) is 0 Å².